The maximum atomic E-state index is 11.8. The van der Waals surface area contributed by atoms with Crippen molar-refractivity contribution in [1.82, 2.24) is 10.2 Å². The number of rotatable bonds is 6. The van der Waals surface area contributed by atoms with Gasteiger partial charge in [0.05, 0.1) is 0 Å². The van der Waals surface area contributed by atoms with Crippen molar-refractivity contribution in [3.05, 3.63) is 0 Å². The fourth-order valence-corrected chi connectivity index (χ4v) is 3.85. The first-order valence-electron chi connectivity index (χ1n) is 11.4. The average Bonchev–Trinajstić information content (AvgIpc) is 3.37. The fourth-order valence-electron chi connectivity index (χ4n) is 3.85. The van der Waals surface area contributed by atoms with E-state index in [1.807, 2.05) is 0 Å². The number of carbonyl (C=O) groups is 3. The summed E-state index contributed by atoms with van der Waals surface area (Å²) < 4.78 is 166. The van der Waals surface area contributed by atoms with E-state index in [1.165, 1.54) is 4.90 Å². The molecule has 11 N–H and O–H groups in total. The topological polar surface area (TPSA) is 259 Å². The van der Waals surface area contributed by atoms with Gasteiger partial charge in [-0.3, -0.25) is 0 Å². The predicted molar refractivity (Wildman–Crippen MR) is 118 cm³/mol. The molecule has 0 aromatic rings. The molecule has 3 aliphatic rings. The minimum Gasteiger partial charge on any atom is -0.477 e. The van der Waals surface area contributed by atoms with Crippen LogP contribution in [0.2, 0.25) is 0 Å². The van der Waals surface area contributed by atoms with Crippen molar-refractivity contribution in [2.45, 2.75) is 66.0 Å². The summed E-state index contributed by atoms with van der Waals surface area (Å²) in [6.45, 7) is 0.0862. The van der Waals surface area contributed by atoms with Gasteiger partial charge >= 0.3 is 54.1 Å². The van der Waals surface area contributed by atoms with Crippen molar-refractivity contribution in [2.75, 3.05) is 13.2 Å². The molecule has 3 rings (SSSR count). The Morgan fingerprint density at radius 3 is 1.55 bits per heavy atom. The Balaban J connectivity index is 0.000000374. The predicted octanol–water partition coefficient (Wildman–Crippen LogP) is -0.0442. The van der Waals surface area contributed by atoms with Crippen LogP contribution in [-0.2, 0) is 14.3 Å². The maximum Gasteiger partial charge on any atom is 0.460 e. The normalized spacial score (nSPS) is 24.1. The largest absolute Gasteiger partial charge is 0.477 e. The molecular weight excluding hydrogens is 712 g/mol. The zero-order valence-corrected chi connectivity index (χ0v) is 22.1. The third-order valence-electron chi connectivity index (χ3n) is 6.12. The number of alkyl halides is 14. The molecule has 1 amide bonds. The van der Waals surface area contributed by atoms with E-state index >= 15 is 0 Å². The first-order valence-corrected chi connectivity index (χ1v) is 11.4. The minimum atomic E-state index is -6.60. The van der Waals surface area contributed by atoms with E-state index in [0.717, 1.165) is 0 Å². The summed E-state index contributed by atoms with van der Waals surface area (Å²) in [5.74, 6) is -34.5. The van der Waals surface area contributed by atoms with Gasteiger partial charge in [-0.25, -0.2) is 24.4 Å². The second-order valence-corrected chi connectivity index (χ2v) is 9.16. The monoisotopic (exact) mass is 731 g/mol. The standard InChI is InChI=1S/C10H17N7O4.2C4HF7O2/c11-6-15-5-4(3-21-8(13)18)14-7(12)17-2-1-9(19,20)10(5,17)16-6;2*5-2(6,1(12)13)3(7,8)4(9,10)11/h4-5,19-20H,1-3H2,(H2,12,14)(H2,13,18)(H3,11,15,16);2*(H,12,13)/t4-,5-,10-;;/m0../s1/i11+1,12+1,14+1,15+1;;. The Labute approximate surface area is 248 Å². The molecule has 0 aliphatic carbocycles. The maximum absolute atomic E-state index is 11.8. The number of aliphatic imine (C=N–C) groups is 2. The van der Waals surface area contributed by atoms with Crippen molar-refractivity contribution in [3.63, 3.8) is 0 Å². The number of amides is 1. The molecular formula is C18H19F14N7O8. The summed E-state index contributed by atoms with van der Waals surface area (Å²) in [5, 5.41) is 38.3. The summed E-state index contributed by atoms with van der Waals surface area (Å²) in [6.07, 6.45) is -14.1. The van der Waals surface area contributed by atoms with Gasteiger partial charge in [0.15, 0.2) is 17.6 Å². The number of carboxylic acid groups (broad SMARTS) is 2. The van der Waals surface area contributed by atoms with Crippen LogP contribution in [0.4, 0.5) is 66.3 Å². The molecule has 0 unspecified atom stereocenters. The molecule has 3 heterocycles. The van der Waals surface area contributed by atoms with Gasteiger partial charge in [0, 0.05) is 13.0 Å². The zero-order chi connectivity index (χ0) is 37.6. The molecule has 0 radical (unpaired) electrons. The highest BCUT2D eigenvalue weighted by atomic mass is 19.4. The van der Waals surface area contributed by atoms with Gasteiger partial charge in [0.25, 0.3) is 0 Å². The van der Waals surface area contributed by atoms with Crippen molar-refractivity contribution >= 4 is 30.0 Å². The molecule has 47 heavy (non-hydrogen) atoms. The molecule has 3 aliphatic heterocycles. The summed E-state index contributed by atoms with van der Waals surface area (Å²) in [6, 6.07) is -1.50. The van der Waals surface area contributed by atoms with E-state index in [2.05, 4.69) is 15.3 Å². The molecule has 272 valence electrons. The summed E-state index contributed by atoms with van der Waals surface area (Å²) in [4.78, 5) is 39.4. The van der Waals surface area contributed by atoms with E-state index in [-0.39, 0.29) is 31.5 Å². The van der Waals surface area contributed by atoms with E-state index in [0.29, 0.717) is 0 Å². The van der Waals surface area contributed by atoms with Gasteiger partial charge in [0.1, 0.15) is 18.7 Å². The third kappa shape index (κ3) is 7.02. The SMILES string of the molecule is NC(=O)OC[C@@H]1[15N]=C([15NH2])N2CCC(O)(O)[C@@]23NC([15NH2])=[15N][C@@H]13.O=C(O)C(F)(F)C(F)(F)C(F)(F)F.O=C(O)C(F)(F)C(F)(F)C(F)(F)F. The highest BCUT2D eigenvalue weighted by Crippen LogP contribution is 2.48. The fraction of sp³-hybridized carbons (Fsp3) is 0.722. The van der Waals surface area contributed by atoms with Crippen molar-refractivity contribution in [2.24, 2.45) is 27.2 Å². The quantitative estimate of drug-likeness (QED) is 0.102. The number of aliphatic carboxylic acids is 2. The van der Waals surface area contributed by atoms with E-state index in [9.17, 15) is 86.1 Å². The van der Waals surface area contributed by atoms with Crippen LogP contribution in [0.1, 0.15) is 6.42 Å². The lowest BCUT2D eigenvalue weighted by molar-refractivity contribution is -0.347. The van der Waals surface area contributed by atoms with Gasteiger partial charge in [-0.05, 0) is 0 Å². The second kappa shape index (κ2) is 12.4. The lowest BCUT2D eigenvalue weighted by Gasteiger charge is -2.48. The number of nitrogens with one attached hydrogen (secondary N) is 1. The number of nitrogens with zero attached hydrogens (tertiary/aromatic N) is 3. The Morgan fingerprint density at radius 1 is 0.830 bits per heavy atom. The van der Waals surface area contributed by atoms with Gasteiger partial charge in [-0.2, -0.15) is 61.5 Å². The van der Waals surface area contributed by atoms with Crippen molar-refractivity contribution in [1.29, 1.82) is 0 Å². The smallest absolute Gasteiger partial charge is 0.460 e. The zero-order valence-electron chi connectivity index (χ0n) is 22.1. The first-order chi connectivity index (χ1) is 20.7. The highest BCUT2D eigenvalue weighted by Gasteiger charge is 2.78. The van der Waals surface area contributed by atoms with Crippen LogP contribution in [0.3, 0.4) is 0 Å². The second-order valence-electron chi connectivity index (χ2n) is 9.16. The van der Waals surface area contributed by atoms with Gasteiger partial charge in [0.2, 0.25) is 5.79 Å². The molecule has 0 aromatic carbocycles. The lowest BCUT2D eigenvalue weighted by atomic mass is 9.88. The molecule has 0 saturated carbocycles. The van der Waals surface area contributed by atoms with Gasteiger partial charge < -0.3 is 52.6 Å². The van der Waals surface area contributed by atoms with Crippen LogP contribution in [0.25, 0.3) is 0 Å². The molecule has 0 aromatic heterocycles. The van der Waals surface area contributed by atoms with Crippen LogP contribution >= 0.6 is 0 Å². The van der Waals surface area contributed by atoms with E-state index in [4.69, 9.17) is 32.2 Å². The molecule has 0 bridgehead atoms. The summed E-state index contributed by atoms with van der Waals surface area (Å²) in [5.41, 5.74) is 15.1. The van der Waals surface area contributed by atoms with Crippen LogP contribution in [0, 0.1) is 0 Å². The molecule has 1 spiro atoms. The minimum absolute atomic E-state index is 0.0355. The number of nitrogens with two attached hydrogens (primary N) is 3. The van der Waals surface area contributed by atoms with Crippen molar-refractivity contribution in [3.8, 4) is 0 Å². The summed E-state index contributed by atoms with van der Waals surface area (Å²) >= 11 is 0. The number of halogens is 14. The number of hydrogen-bond acceptors (Lipinski definition) is 12. The van der Waals surface area contributed by atoms with Crippen molar-refractivity contribution < 1.29 is 101 Å². The highest BCUT2D eigenvalue weighted by molar-refractivity contribution is 5.87. The Hall–Kier alpha value is -4.31. The summed E-state index contributed by atoms with van der Waals surface area (Å²) in [7, 11) is 0. The van der Waals surface area contributed by atoms with Crippen LogP contribution < -0.4 is 22.5 Å². The third-order valence-corrected chi connectivity index (χ3v) is 6.12. The van der Waals surface area contributed by atoms with E-state index < -0.39 is 77.6 Å². The average molecular weight is 731 g/mol. The molecule has 1 saturated heterocycles. The number of primary amides is 1. The number of guanidine groups is 2. The molecule has 1 fully saturated rings. The molecule has 15 nitrogen and oxygen atoms in total. The number of aliphatic hydroxyl groups is 2. The Kier molecular flexibility index (Phi) is 10.7. The number of carbonyl (C=O) groups excluding carboxylic acids is 1. The number of hydrogen-bond donors (Lipinski definition) is 8. The van der Waals surface area contributed by atoms with Gasteiger partial charge in [-0.1, -0.05) is 0 Å². The van der Waals surface area contributed by atoms with Crippen LogP contribution in [0.15, 0.2) is 9.98 Å². The van der Waals surface area contributed by atoms with Gasteiger partial charge in [-0.15, -0.1) is 0 Å². The van der Waals surface area contributed by atoms with Crippen LogP contribution in [0.5, 0.6) is 0 Å². The first kappa shape index (κ1) is 40.7. The van der Waals surface area contributed by atoms with E-state index in [1.54, 1.807) is 0 Å². The Bertz CT molecular complexity index is 1240. The molecule has 3 atom stereocenters. The van der Waals surface area contributed by atoms with Crippen LogP contribution in [-0.4, -0.2) is 128 Å². The number of ether oxygens (including phenoxy) is 1. The lowest BCUT2D eigenvalue weighted by Crippen LogP contribution is -2.76. The Morgan fingerprint density at radius 2 is 1.23 bits per heavy atom. The number of carboxylic acids is 2. The molecule has 29 heteroatoms.